The highest BCUT2D eigenvalue weighted by Gasteiger charge is 2.12. The van der Waals surface area contributed by atoms with Crippen molar-refractivity contribution in [2.24, 2.45) is 5.73 Å². The van der Waals surface area contributed by atoms with Crippen molar-refractivity contribution in [1.29, 1.82) is 0 Å². The maximum atomic E-state index is 12.0. The number of halogens is 1. The quantitative estimate of drug-likeness (QED) is 0.816. The number of aryl methyl sites for hydroxylation is 1. The fourth-order valence-electron chi connectivity index (χ4n) is 1.49. The molecule has 2 heterocycles. The van der Waals surface area contributed by atoms with Crippen LogP contribution < -0.4 is 11.1 Å². The number of anilines is 1. The fourth-order valence-corrected chi connectivity index (χ4v) is 1.89. The molecule has 0 bridgehead atoms. The molecule has 0 spiro atoms. The number of amides is 1. The van der Waals surface area contributed by atoms with Gasteiger partial charge in [-0.3, -0.25) is 9.48 Å². The average Bonchev–Trinajstić information content (AvgIpc) is 2.82. The van der Waals surface area contributed by atoms with Gasteiger partial charge >= 0.3 is 0 Å². The molecule has 2 aromatic rings. The number of hydrogen-bond donors (Lipinski definition) is 2. The summed E-state index contributed by atoms with van der Waals surface area (Å²) in [6.07, 6.45) is 1.56. The molecule has 2 aromatic heterocycles. The van der Waals surface area contributed by atoms with Crippen molar-refractivity contribution in [1.82, 2.24) is 20.0 Å². The minimum absolute atomic E-state index is 0.246. The number of carbonyl (C=O) groups excluding carboxylic acids is 1. The van der Waals surface area contributed by atoms with Crippen molar-refractivity contribution in [3.8, 4) is 0 Å². The summed E-state index contributed by atoms with van der Waals surface area (Å²) in [5.41, 5.74) is 7.01. The third-order valence-electron chi connectivity index (χ3n) is 2.43. The van der Waals surface area contributed by atoms with Gasteiger partial charge in [-0.05, 0) is 35.0 Å². The Morgan fingerprint density at radius 3 is 3.00 bits per heavy atom. The first-order valence-corrected chi connectivity index (χ1v) is 6.44. The van der Waals surface area contributed by atoms with Crippen LogP contribution in [0.4, 0.5) is 5.69 Å². The molecule has 0 aliphatic rings. The molecule has 2 rings (SSSR count). The van der Waals surface area contributed by atoms with E-state index in [9.17, 15) is 4.79 Å². The van der Waals surface area contributed by atoms with Crippen molar-refractivity contribution in [3.05, 3.63) is 34.3 Å². The predicted molar refractivity (Wildman–Crippen MR) is 73.7 cm³/mol. The molecular weight excluding hydrogens is 312 g/mol. The van der Waals surface area contributed by atoms with Gasteiger partial charge < -0.3 is 11.1 Å². The van der Waals surface area contributed by atoms with E-state index in [1.807, 2.05) is 6.92 Å². The second-order valence-electron chi connectivity index (χ2n) is 3.88. The van der Waals surface area contributed by atoms with Gasteiger partial charge in [-0.15, -0.1) is 5.10 Å². The Morgan fingerprint density at radius 1 is 1.53 bits per heavy atom. The lowest BCUT2D eigenvalue weighted by Crippen LogP contribution is -2.14. The molecule has 0 fully saturated rings. The molecule has 19 heavy (non-hydrogen) atoms. The van der Waals surface area contributed by atoms with Crippen LogP contribution in [-0.2, 0) is 6.54 Å². The van der Waals surface area contributed by atoms with E-state index in [1.165, 1.54) is 4.68 Å². The molecular formula is C11H13BrN6O. The summed E-state index contributed by atoms with van der Waals surface area (Å²) < 4.78 is 2.25. The van der Waals surface area contributed by atoms with Gasteiger partial charge in [0.2, 0.25) is 0 Å². The topological polar surface area (TPSA) is 98.7 Å². The molecule has 7 nitrogen and oxygen atoms in total. The van der Waals surface area contributed by atoms with Crippen LogP contribution in [0.25, 0.3) is 0 Å². The number of hydrogen-bond acceptors (Lipinski definition) is 5. The normalized spacial score (nSPS) is 10.5. The predicted octanol–water partition coefficient (Wildman–Crippen LogP) is 0.955. The Balaban J connectivity index is 2.11. The standard InChI is InChI=1S/C11H13BrN6O/c1-7-8(2-3-10(12)14-7)15-11(19)9-6-18(5-4-13)17-16-9/h2-3,6H,4-5,13H2,1H3,(H,15,19). The highest BCUT2D eigenvalue weighted by atomic mass is 79.9. The van der Waals surface area contributed by atoms with E-state index in [0.717, 1.165) is 10.3 Å². The van der Waals surface area contributed by atoms with Crippen LogP contribution in [0.15, 0.2) is 22.9 Å². The maximum Gasteiger partial charge on any atom is 0.277 e. The largest absolute Gasteiger partial charge is 0.329 e. The number of rotatable bonds is 4. The van der Waals surface area contributed by atoms with Crippen LogP contribution in [0.1, 0.15) is 16.2 Å². The van der Waals surface area contributed by atoms with Crippen LogP contribution in [0.5, 0.6) is 0 Å². The Labute approximate surface area is 118 Å². The maximum absolute atomic E-state index is 12.0. The minimum Gasteiger partial charge on any atom is -0.329 e. The lowest BCUT2D eigenvalue weighted by Gasteiger charge is -2.05. The van der Waals surface area contributed by atoms with Crippen LogP contribution in [0.2, 0.25) is 0 Å². The van der Waals surface area contributed by atoms with Crippen molar-refractivity contribution >= 4 is 27.5 Å². The zero-order valence-corrected chi connectivity index (χ0v) is 11.9. The van der Waals surface area contributed by atoms with Crippen molar-refractivity contribution in [2.45, 2.75) is 13.5 Å². The number of nitrogens with one attached hydrogen (secondary N) is 1. The molecule has 3 N–H and O–H groups in total. The van der Waals surface area contributed by atoms with E-state index in [2.05, 4.69) is 36.5 Å². The molecule has 0 radical (unpaired) electrons. The third-order valence-corrected chi connectivity index (χ3v) is 2.87. The monoisotopic (exact) mass is 324 g/mol. The summed E-state index contributed by atoms with van der Waals surface area (Å²) in [4.78, 5) is 16.2. The van der Waals surface area contributed by atoms with Crippen LogP contribution in [0, 0.1) is 6.92 Å². The lowest BCUT2D eigenvalue weighted by molar-refractivity contribution is 0.102. The summed E-state index contributed by atoms with van der Waals surface area (Å²) >= 11 is 3.27. The van der Waals surface area contributed by atoms with Crippen LogP contribution >= 0.6 is 15.9 Å². The van der Waals surface area contributed by atoms with E-state index >= 15 is 0 Å². The second kappa shape index (κ2) is 5.89. The van der Waals surface area contributed by atoms with Gasteiger partial charge in [-0.25, -0.2) is 4.98 Å². The van der Waals surface area contributed by atoms with Gasteiger partial charge in [0, 0.05) is 6.54 Å². The molecule has 0 aromatic carbocycles. The molecule has 0 atom stereocenters. The lowest BCUT2D eigenvalue weighted by atomic mass is 10.3. The summed E-state index contributed by atoms with van der Waals surface area (Å²) in [5, 5.41) is 10.3. The number of nitrogens with two attached hydrogens (primary N) is 1. The number of nitrogens with zero attached hydrogens (tertiary/aromatic N) is 4. The molecule has 0 saturated heterocycles. The van der Waals surface area contributed by atoms with E-state index in [-0.39, 0.29) is 11.6 Å². The van der Waals surface area contributed by atoms with Crippen LogP contribution in [0.3, 0.4) is 0 Å². The van der Waals surface area contributed by atoms with E-state index in [0.29, 0.717) is 18.8 Å². The van der Waals surface area contributed by atoms with Gasteiger partial charge in [0.25, 0.3) is 5.91 Å². The van der Waals surface area contributed by atoms with Gasteiger partial charge in [-0.1, -0.05) is 5.21 Å². The fraction of sp³-hybridized carbons (Fsp3) is 0.273. The third kappa shape index (κ3) is 3.36. The molecule has 0 aliphatic carbocycles. The Hall–Kier alpha value is -1.80. The summed E-state index contributed by atoms with van der Waals surface area (Å²) in [7, 11) is 0. The number of carbonyl (C=O) groups is 1. The van der Waals surface area contributed by atoms with Crippen LogP contribution in [-0.4, -0.2) is 32.4 Å². The SMILES string of the molecule is Cc1nc(Br)ccc1NC(=O)c1cn(CCN)nn1. The van der Waals surface area contributed by atoms with E-state index in [1.54, 1.807) is 18.3 Å². The van der Waals surface area contributed by atoms with Gasteiger partial charge in [0.05, 0.1) is 24.1 Å². The summed E-state index contributed by atoms with van der Waals surface area (Å²) in [5.74, 6) is -0.324. The first-order valence-electron chi connectivity index (χ1n) is 5.65. The molecule has 0 saturated carbocycles. The van der Waals surface area contributed by atoms with Crippen molar-refractivity contribution < 1.29 is 4.79 Å². The number of aromatic nitrogens is 4. The Morgan fingerprint density at radius 2 is 2.32 bits per heavy atom. The summed E-state index contributed by atoms with van der Waals surface area (Å²) in [6, 6.07) is 3.53. The molecule has 1 amide bonds. The first-order chi connectivity index (χ1) is 9.10. The van der Waals surface area contributed by atoms with Crippen molar-refractivity contribution in [2.75, 3.05) is 11.9 Å². The highest BCUT2D eigenvalue weighted by molar-refractivity contribution is 9.10. The van der Waals surface area contributed by atoms with Gasteiger partial charge in [0.15, 0.2) is 5.69 Å². The Bertz CT molecular complexity index is 597. The zero-order valence-electron chi connectivity index (χ0n) is 10.3. The molecule has 100 valence electrons. The second-order valence-corrected chi connectivity index (χ2v) is 4.69. The molecule has 0 unspecified atom stereocenters. The average molecular weight is 325 g/mol. The first kappa shape index (κ1) is 13.6. The Kier molecular flexibility index (Phi) is 4.23. The number of pyridine rings is 1. The smallest absolute Gasteiger partial charge is 0.277 e. The molecule has 8 heteroatoms. The zero-order chi connectivity index (χ0) is 13.8. The highest BCUT2D eigenvalue weighted by Crippen LogP contribution is 2.16. The van der Waals surface area contributed by atoms with Gasteiger partial charge in [0.1, 0.15) is 4.60 Å². The van der Waals surface area contributed by atoms with E-state index < -0.39 is 0 Å². The summed E-state index contributed by atoms with van der Waals surface area (Å²) in [6.45, 7) is 2.78. The van der Waals surface area contributed by atoms with E-state index in [4.69, 9.17) is 5.73 Å². The molecule has 0 aliphatic heterocycles. The van der Waals surface area contributed by atoms with Gasteiger partial charge in [-0.2, -0.15) is 0 Å². The van der Waals surface area contributed by atoms with Crippen molar-refractivity contribution in [3.63, 3.8) is 0 Å². The minimum atomic E-state index is -0.324.